The molecule has 0 radical (unpaired) electrons. The predicted octanol–water partition coefficient (Wildman–Crippen LogP) is 2.36. The Morgan fingerprint density at radius 1 is 1.10 bits per heavy atom. The van der Waals surface area contributed by atoms with Crippen LogP contribution in [0.25, 0.3) is 0 Å². The summed E-state index contributed by atoms with van der Waals surface area (Å²) in [6.07, 6.45) is 2.00. The molecule has 1 heterocycles. The van der Waals surface area contributed by atoms with Crippen molar-refractivity contribution in [2.45, 2.75) is 58.0 Å². The standard InChI is InChI=1S/C30H40N4O6/c1-20(2)17-24-29(37)32-15-8-16-40-26-13-5-4-12-23(26)28(36)34-25(19-27(35)33-24)30(38)31-14-7-10-21-9-6-11-22(18-21)39-3/h4-6,9,11-13,18,20,24-25H,7-8,10,14-17,19H2,1-3H3,(H,31,38)(H,32,37)(H,33,35)(H,34,36)/t24-,25+/m1/s1. The molecule has 0 bridgehead atoms. The second-order valence-corrected chi connectivity index (χ2v) is 10.2. The number of aryl methyl sites for hydroxylation is 1. The highest BCUT2D eigenvalue weighted by Gasteiger charge is 2.28. The highest BCUT2D eigenvalue weighted by molar-refractivity contribution is 6.01. The smallest absolute Gasteiger partial charge is 0.255 e. The fourth-order valence-electron chi connectivity index (χ4n) is 4.41. The van der Waals surface area contributed by atoms with Gasteiger partial charge in [-0.1, -0.05) is 38.1 Å². The summed E-state index contributed by atoms with van der Waals surface area (Å²) >= 11 is 0. The zero-order valence-corrected chi connectivity index (χ0v) is 23.5. The van der Waals surface area contributed by atoms with Gasteiger partial charge in [0.25, 0.3) is 5.91 Å². The van der Waals surface area contributed by atoms with Gasteiger partial charge in [0.2, 0.25) is 17.7 Å². The molecule has 1 aliphatic heterocycles. The van der Waals surface area contributed by atoms with Gasteiger partial charge in [-0.3, -0.25) is 19.2 Å². The van der Waals surface area contributed by atoms with E-state index in [9.17, 15) is 19.2 Å². The summed E-state index contributed by atoms with van der Waals surface area (Å²) in [5.41, 5.74) is 1.33. The lowest BCUT2D eigenvalue weighted by molar-refractivity contribution is -0.131. The number of carbonyl (C=O) groups excluding carboxylic acids is 4. The quantitative estimate of drug-likeness (QED) is 0.372. The third-order valence-electron chi connectivity index (χ3n) is 6.46. The first-order valence-electron chi connectivity index (χ1n) is 13.8. The molecule has 10 nitrogen and oxygen atoms in total. The largest absolute Gasteiger partial charge is 0.497 e. The number of nitrogens with one attached hydrogen (secondary N) is 4. The van der Waals surface area contributed by atoms with Crippen molar-refractivity contribution in [2.75, 3.05) is 26.8 Å². The van der Waals surface area contributed by atoms with Gasteiger partial charge < -0.3 is 30.7 Å². The van der Waals surface area contributed by atoms with Crippen LogP contribution in [0.5, 0.6) is 11.5 Å². The maximum Gasteiger partial charge on any atom is 0.255 e. The third kappa shape index (κ3) is 9.59. The number of para-hydroxylation sites is 1. The average molecular weight is 553 g/mol. The van der Waals surface area contributed by atoms with Crippen molar-refractivity contribution in [2.24, 2.45) is 5.92 Å². The Kier molecular flexibility index (Phi) is 11.8. The van der Waals surface area contributed by atoms with Crippen LogP contribution in [0.15, 0.2) is 48.5 Å². The number of methoxy groups -OCH3 is 1. The molecule has 10 heteroatoms. The molecule has 0 aromatic heterocycles. The first-order valence-corrected chi connectivity index (χ1v) is 13.8. The van der Waals surface area contributed by atoms with Gasteiger partial charge in [-0.2, -0.15) is 0 Å². The zero-order chi connectivity index (χ0) is 28.9. The number of rotatable bonds is 8. The molecule has 2 aromatic rings. The second kappa shape index (κ2) is 15.5. The number of carbonyl (C=O) groups is 4. The first-order chi connectivity index (χ1) is 19.3. The highest BCUT2D eigenvalue weighted by Crippen LogP contribution is 2.19. The summed E-state index contributed by atoms with van der Waals surface area (Å²) in [4.78, 5) is 52.3. The molecular formula is C30H40N4O6. The summed E-state index contributed by atoms with van der Waals surface area (Å²) in [5.74, 6) is -0.527. The molecule has 2 aromatic carbocycles. The lowest BCUT2D eigenvalue weighted by Crippen LogP contribution is -2.52. The van der Waals surface area contributed by atoms with Crippen LogP contribution < -0.4 is 30.7 Å². The van der Waals surface area contributed by atoms with Gasteiger partial charge >= 0.3 is 0 Å². The molecular weight excluding hydrogens is 512 g/mol. The summed E-state index contributed by atoms with van der Waals surface area (Å²) in [7, 11) is 1.61. The molecule has 0 saturated carbocycles. The van der Waals surface area contributed by atoms with Gasteiger partial charge in [0, 0.05) is 13.1 Å². The molecule has 0 aliphatic carbocycles. The number of ether oxygens (including phenoxy) is 2. The Bertz CT molecular complexity index is 1170. The van der Waals surface area contributed by atoms with Crippen molar-refractivity contribution in [3.63, 3.8) is 0 Å². The van der Waals surface area contributed by atoms with Crippen molar-refractivity contribution in [1.29, 1.82) is 0 Å². The van der Waals surface area contributed by atoms with E-state index >= 15 is 0 Å². The Morgan fingerprint density at radius 3 is 2.67 bits per heavy atom. The summed E-state index contributed by atoms with van der Waals surface area (Å²) in [6, 6.07) is 12.5. The average Bonchev–Trinajstić information content (AvgIpc) is 2.94. The Labute approximate surface area is 235 Å². The van der Waals surface area contributed by atoms with E-state index in [0.717, 1.165) is 11.3 Å². The van der Waals surface area contributed by atoms with Crippen molar-refractivity contribution in [1.82, 2.24) is 21.3 Å². The van der Waals surface area contributed by atoms with Crippen molar-refractivity contribution < 1.29 is 28.7 Å². The maximum absolute atomic E-state index is 13.2. The van der Waals surface area contributed by atoms with Crippen molar-refractivity contribution >= 4 is 23.6 Å². The molecule has 216 valence electrons. The van der Waals surface area contributed by atoms with E-state index in [0.29, 0.717) is 44.5 Å². The number of benzene rings is 2. The van der Waals surface area contributed by atoms with E-state index < -0.39 is 29.8 Å². The third-order valence-corrected chi connectivity index (χ3v) is 6.46. The maximum atomic E-state index is 13.2. The summed E-state index contributed by atoms with van der Waals surface area (Å²) < 4.78 is 11.1. The molecule has 0 unspecified atom stereocenters. The lowest BCUT2D eigenvalue weighted by Gasteiger charge is -2.22. The van der Waals surface area contributed by atoms with Gasteiger partial charge in [-0.05, 0) is 61.4 Å². The van der Waals surface area contributed by atoms with E-state index in [2.05, 4.69) is 21.3 Å². The summed E-state index contributed by atoms with van der Waals surface area (Å²) in [6.45, 7) is 4.91. The molecule has 3 rings (SSSR count). The van der Waals surface area contributed by atoms with E-state index in [-0.39, 0.29) is 30.4 Å². The molecule has 0 saturated heterocycles. The molecule has 0 spiro atoms. The van der Waals surface area contributed by atoms with Crippen molar-refractivity contribution in [3.05, 3.63) is 59.7 Å². The fourth-order valence-corrected chi connectivity index (χ4v) is 4.41. The van der Waals surface area contributed by atoms with Crippen LogP contribution in [0.4, 0.5) is 0 Å². The number of amides is 4. The Balaban J connectivity index is 1.73. The monoisotopic (exact) mass is 552 g/mol. The molecule has 4 amide bonds. The van der Waals surface area contributed by atoms with Crippen LogP contribution in [0.3, 0.4) is 0 Å². The normalized spacial score (nSPS) is 18.6. The van der Waals surface area contributed by atoms with Gasteiger partial charge in [0.15, 0.2) is 0 Å². The summed E-state index contributed by atoms with van der Waals surface area (Å²) in [5, 5.41) is 11.1. The fraction of sp³-hybridized carbons (Fsp3) is 0.467. The van der Waals surface area contributed by atoms with Gasteiger partial charge in [0.05, 0.1) is 25.7 Å². The molecule has 40 heavy (non-hydrogen) atoms. The number of hydrogen-bond acceptors (Lipinski definition) is 6. The van der Waals surface area contributed by atoms with E-state index in [1.807, 2.05) is 38.1 Å². The van der Waals surface area contributed by atoms with E-state index in [1.165, 1.54) is 0 Å². The highest BCUT2D eigenvalue weighted by atomic mass is 16.5. The Hall–Kier alpha value is -4.08. The predicted molar refractivity (Wildman–Crippen MR) is 151 cm³/mol. The topological polar surface area (TPSA) is 135 Å². The minimum absolute atomic E-state index is 0.152. The van der Waals surface area contributed by atoms with Gasteiger partial charge in [0.1, 0.15) is 23.6 Å². The van der Waals surface area contributed by atoms with Crippen LogP contribution in [-0.4, -0.2) is 62.5 Å². The number of hydrogen-bond donors (Lipinski definition) is 4. The van der Waals surface area contributed by atoms with Crippen LogP contribution in [-0.2, 0) is 20.8 Å². The second-order valence-electron chi connectivity index (χ2n) is 10.2. The van der Waals surface area contributed by atoms with Crippen LogP contribution >= 0.6 is 0 Å². The van der Waals surface area contributed by atoms with E-state index in [1.54, 1.807) is 31.4 Å². The van der Waals surface area contributed by atoms with E-state index in [4.69, 9.17) is 9.47 Å². The molecule has 1 aliphatic rings. The minimum Gasteiger partial charge on any atom is -0.497 e. The Morgan fingerprint density at radius 2 is 1.90 bits per heavy atom. The first kappa shape index (κ1) is 30.5. The molecule has 2 atom stereocenters. The van der Waals surface area contributed by atoms with Crippen molar-refractivity contribution in [3.8, 4) is 11.5 Å². The van der Waals surface area contributed by atoms with Gasteiger partial charge in [-0.25, -0.2) is 0 Å². The number of fused-ring (bicyclic) bond motifs is 1. The lowest BCUT2D eigenvalue weighted by atomic mass is 10.0. The van der Waals surface area contributed by atoms with Crippen LogP contribution in [0, 0.1) is 5.92 Å². The SMILES string of the molecule is COc1cccc(CCCNC(=O)[C@@H]2CC(=O)N[C@H](CC(C)C)C(=O)NCCCOc3ccccc3C(=O)N2)c1. The minimum atomic E-state index is -1.15. The molecule has 4 N–H and O–H groups in total. The van der Waals surface area contributed by atoms with Gasteiger partial charge in [-0.15, -0.1) is 0 Å². The molecule has 0 fully saturated rings. The zero-order valence-electron chi connectivity index (χ0n) is 23.5. The van der Waals surface area contributed by atoms with Crippen LogP contribution in [0.2, 0.25) is 0 Å². The van der Waals surface area contributed by atoms with Crippen LogP contribution in [0.1, 0.15) is 55.5 Å².